The molecule has 0 unspecified atom stereocenters. The van der Waals surface area contributed by atoms with Gasteiger partial charge in [-0.15, -0.1) is 0 Å². The minimum absolute atomic E-state index is 0.314. The summed E-state index contributed by atoms with van der Waals surface area (Å²) in [5.41, 5.74) is 1.05. The Hall–Kier alpha value is -1.61. The first kappa shape index (κ1) is 9.93. The number of nitrogens with one attached hydrogen (secondary N) is 1. The first-order chi connectivity index (χ1) is 7.25. The molecular formula is C11H7ClFN2. The fourth-order valence-corrected chi connectivity index (χ4v) is 1.32. The Bertz CT molecular complexity index is 474. The molecule has 2 nitrogen and oxygen atoms in total. The van der Waals surface area contributed by atoms with Crippen molar-refractivity contribution in [1.29, 1.82) is 0 Å². The lowest BCUT2D eigenvalue weighted by Crippen LogP contribution is -1.93. The first-order valence-electron chi connectivity index (χ1n) is 4.31. The molecule has 0 saturated heterocycles. The molecule has 0 bridgehead atoms. The van der Waals surface area contributed by atoms with E-state index in [2.05, 4.69) is 16.5 Å². The number of pyridine rings is 1. The maximum atomic E-state index is 13.3. The summed E-state index contributed by atoms with van der Waals surface area (Å²) in [4.78, 5) is 3.71. The molecule has 75 valence electrons. The molecule has 0 aliphatic heterocycles. The Morgan fingerprint density at radius 2 is 2.13 bits per heavy atom. The summed E-state index contributed by atoms with van der Waals surface area (Å²) >= 11 is 5.67. The molecule has 1 aromatic carbocycles. The van der Waals surface area contributed by atoms with Gasteiger partial charge in [-0.2, -0.15) is 0 Å². The lowest BCUT2D eigenvalue weighted by molar-refractivity contribution is 0.632. The molecule has 1 heterocycles. The van der Waals surface area contributed by atoms with Gasteiger partial charge in [0.05, 0.1) is 11.9 Å². The van der Waals surface area contributed by atoms with Gasteiger partial charge in [-0.3, -0.25) is 0 Å². The van der Waals surface area contributed by atoms with E-state index in [0.29, 0.717) is 16.5 Å². The summed E-state index contributed by atoms with van der Waals surface area (Å²) in [5, 5.41) is 3.20. The van der Waals surface area contributed by atoms with Gasteiger partial charge < -0.3 is 5.32 Å². The van der Waals surface area contributed by atoms with E-state index in [1.54, 1.807) is 30.3 Å². The highest BCUT2D eigenvalue weighted by atomic mass is 35.5. The summed E-state index contributed by atoms with van der Waals surface area (Å²) < 4.78 is 13.3. The number of anilines is 2. The monoisotopic (exact) mass is 221 g/mol. The predicted molar refractivity (Wildman–Crippen MR) is 57.8 cm³/mol. The van der Waals surface area contributed by atoms with Crippen molar-refractivity contribution in [3.63, 3.8) is 0 Å². The average molecular weight is 222 g/mol. The van der Waals surface area contributed by atoms with E-state index < -0.39 is 0 Å². The lowest BCUT2D eigenvalue weighted by atomic mass is 10.3. The highest BCUT2D eigenvalue weighted by Crippen LogP contribution is 2.20. The van der Waals surface area contributed by atoms with Gasteiger partial charge in [0.25, 0.3) is 0 Å². The van der Waals surface area contributed by atoms with Gasteiger partial charge in [0, 0.05) is 5.69 Å². The second kappa shape index (κ2) is 4.28. The van der Waals surface area contributed by atoms with Crippen molar-refractivity contribution in [3.8, 4) is 0 Å². The third-order valence-electron chi connectivity index (χ3n) is 1.82. The van der Waals surface area contributed by atoms with E-state index in [-0.39, 0.29) is 5.82 Å². The SMILES string of the molecule is Fc1ccccc1Nc1c[c]nc(Cl)c1. The number of para-hydroxylation sites is 1. The quantitative estimate of drug-likeness (QED) is 0.786. The highest BCUT2D eigenvalue weighted by molar-refractivity contribution is 6.29. The van der Waals surface area contributed by atoms with Gasteiger partial charge in [-0.1, -0.05) is 23.7 Å². The summed E-state index contributed by atoms with van der Waals surface area (Å²) in [6, 6.07) is 9.60. The first-order valence-corrected chi connectivity index (χ1v) is 4.69. The molecule has 0 aliphatic rings. The van der Waals surface area contributed by atoms with Crippen molar-refractivity contribution < 1.29 is 4.39 Å². The molecule has 4 heteroatoms. The Kier molecular flexibility index (Phi) is 2.83. The van der Waals surface area contributed by atoms with Crippen LogP contribution in [-0.2, 0) is 0 Å². The topological polar surface area (TPSA) is 24.9 Å². The van der Waals surface area contributed by atoms with Gasteiger partial charge in [-0.25, -0.2) is 9.37 Å². The second-order valence-corrected chi connectivity index (χ2v) is 3.30. The maximum Gasteiger partial charge on any atom is 0.146 e. The van der Waals surface area contributed by atoms with Crippen LogP contribution >= 0.6 is 11.6 Å². The number of benzene rings is 1. The van der Waals surface area contributed by atoms with E-state index in [1.807, 2.05) is 0 Å². The zero-order chi connectivity index (χ0) is 10.7. The van der Waals surface area contributed by atoms with Crippen molar-refractivity contribution in [2.75, 3.05) is 5.32 Å². The molecule has 1 aromatic heterocycles. The van der Waals surface area contributed by atoms with Crippen molar-refractivity contribution in [2.45, 2.75) is 0 Å². The largest absolute Gasteiger partial charge is 0.353 e. The van der Waals surface area contributed by atoms with Crippen LogP contribution in [0.4, 0.5) is 15.8 Å². The Morgan fingerprint density at radius 1 is 1.33 bits per heavy atom. The van der Waals surface area contributed by atoms with Crippen LogP contribution in [0.25, 0.3) is 0 Å². The Labute approximate surface area is 91.7 Å². The smallest absolute Gasteiger partial charge is 0.146 e. The minimum atomic E-state index is -0.314. The number of aromatic nitrogens is 1. The average Bonchev–Trinajstić information content (AvgIpc) is 2.22. The van der Waals surface area contributed by atoms with Crippen molar-refractivity contribution in [1.82, 2.24) is 4.98 Å². The van der Waals surface area contributed by atoms with Crippen LogP contribution in [0.3, 0.4) is 0 Å². The normalized spacial score (nSPS) is 10.0. The molecule has 0 spiro atoms. The van der Waals surface area contributed by atoms with Crippen molar-refractivity contribution in [3.05, 3.63) is 53.6 Å². The maximum absolute atomic E-state index is 13.3. The molecule has 2 rings (SSSR count). The van der Waals surface area contributed by atoms with Gasteiger partial charge in [-0.05, 0) is 24.3 Å². The summed E-state index contributed by atoms with van der Waals surface area (Å²) in [6.45, 7) is 0. The van der Waals surface area contributed by atoms with Gasteiger partial charge in [0.1, 0.15) is 11.0 Å². The second-order valence-electron chi connectivity index (χ2n) is 2.91. The number of rotatable bonds is 2. The number of halogens is 2. The standard InChI is InChI=1S/C11H7ClFN2/c12-11-7-8(5-6-14-11)15-10-4-2-1-3-9(10)13/h1-5,7H,(H,14,15). The van der Waals surface area contributed by atoms with E-state index in [9.17, 15) is 4.39 Å². The van der Waals surface area contributed by atoms with Gasteiger partial charge >= 0.3 is 0 Å². The lowest BCUT2D eigenvalue weighted by Gasteiger charge is -2.06. The Balaban J connectivity index is 2.26. The van der Waals surface area contributed by atoms with Gasteiger partial charge in [0.15, 0.2) is 0 Å². The van der Waals surface area contributed by atoms with Crippen molar-refractivity contribution in [2.24, 2.45) is 0 Å². The highest BCUT2D eigenvalue weighted by Gasteiger charge is 2.01. The Morgan fingerprint density at radius 3 is 2.87 bits per heavy atom. The van der Waals surface area contributed by atoms with Crippen LogP contribution < -0.4 is 5.32 Å². The van der Waals surface area contributed by atoms with E-state index >= 15 is 0 Å². The summed E-state index contributed by atoms with van der Waals surface area (Å²) in [6.07, 6.45) is 2.60. The van der Waals surface area contributed by atoms with Crippen LogP contribution in [0.2, 0.25) is 5.15 Å². The molecule has 1 N–H and O–H groups in total. The van der Waals surface area contributed by atoms with Crippen LogP contribution in [0.15, 0.2) is 36.4 Å². The molecule has 0 saturated carbocycles. The summed E-state index contributed by atoms with van der Waals surface area (Å²) in [7, 11) is 0. The van der Waals surface area contributed by atoms with Crippen LogP contribution in [-0.4, -0.2) is 4.98 Å². The molecule has 0 amide bonds. The molecular weight excluding hydrogens is 215 g/mol. The van der Waals surface area contributed by atoms with Gasteiger partial charge in [0.2, 0.25) is 0 Å². The summed E-state index contributed by atoms with van der Waals surface area (Å²) in [5.74, 6) is -0.314. The molecule has 2 aromatic rings. The molecule has 0 fully saturated rings. The number of hydrogen-bond acceptors (Lipinski definition) is 2. The fraction of sp³-hybridized carbons (Fsp3) is 0. The molecule has 1 radical (unpaired) electrons. The molecule has 0 aliphatic carbocycles. The third-order valence-corrected chi connectivity index (χ3v) is 2.01. The fourth-order valence-electron chi connectivity index (χ4n) is 1.16. The number of nitrogens with zero attached hydrogens (tertiary/aromatic N) is 1. The van der Waals surface area contributed by atoms with E-state index in [0.717, 1.165) is 0 Å². The zero-order valence-corrected chi connectivity index (χ0v) is 8.42. The van der Waals surface area contributed by atoms with Crippen LogP contribution in [0, 0.1) is 12.0 Å². The third kappa shape index (κ3) is 2.44. The van der Waals surface area contributed by atoms with Crippen LogP contribution in [0.5, 0.6) is 0 Å². The molecule has 15 heavy (non-hydrogen) atoms. The van der Waals surface area contributed by atoms with E-state index in [4.69, 9.17) is 11.6 Å². The number of hydrogen-bond donors (Lipinski definition) is 1. The van der Waals surface area contributed by atoms with E-state index in [1.165, 1.54) is 6.07 Å². The zero-order valence-electron chi connectivity index (χ0n) is 7.67. The molecule has 0 atom stereocenters. The minimum Gasteiger partial charge on any atom is -0.353 e. The van der Waals surface area contributed by atoms with Crippen LogP contribution in [0.1, 0.15) is 0 Å². The predicted octanol–water partition coefficient (Wildman–Crippen LogP) is 3.42. The van der Waals surface area contributed by atoms with Crippen molar-refractivity contribution >= 4 is 23.0 Å².